The summed E-state index contributed by atoms with van der Waals surface area (Å²) in [5.74, 6) is 3.21. The van der Waals surface area contributed by atoms with Crippen LogP contribution in [0.3, 0.4) is 0 Å². The van der Waals surface area contributed by atoms with E-state index >= 15 is 0 Å². The molecule has 6 heterocycles. The highest BCUT2D eigenvalue weighted by molar-refractivity contribution is 6.31. The number of hydrogen-bond donors (Lipinski definition) is 0. The quantitative estimate of drug-likeness (QED) is 0.107. The fraction of sp³-hybridized carbons (Fsp3) is 0. The summed E-state index contributed by atoms with van der Waals surface area (Å²) in [6.45, 7) is 0. The van der Waals surface area contributed by atoms with Crippen molar-refractivity contribution in [3.05, 3.63) is 461 Å². The third-order valence-electron chi connectivity index (χ3n) is 28.0. The average Bonchev–Trinajstić information content (AvgIpc) is 1.54. The van der Waals surface area contributed by atoms with Crippen molar-refractivity contribution in [3.63, 3.8) is 0 Å². The van der Waals surface area contributed by atoms with Crippen molar-refractivity contribution in [1.82, 2.24) is 48.2 Å². The first-order chi connectivity index (χ1) is 67.4. The molecule has 0 aliphatic carbocycles. The van der Waals surface area contributed by atoms with Crippen LogP contribution in [0, 0.1) is 0 Å². The van der Waals surface area contributed by atoms with Crippen LogP contribution in [0.5, 0.6) is 0 Å². The summed E-state index contributed by atoms with van der Waals surface area (Å²) in [5, 5.41) is 23.6. The molecule has 28 rings (SSSR count). The fourth-order valence-corrected chi connectivity index (χ4v) is 21.8. The van der Waals surface area contributed by atoms with Crippen molar-refractivity contribution < 1.29 is 0 Å². The van der Waals surface area contributed by atoms with Crippen LogP contribution in [0.15, 0.2) is 461 Å². The van der Waals surface area contributed by atoms with Gasteiger partial charge in [0.2, 0.25) is 11.9 Å². The van der Waals surface area contributed by atoms with E-state index in [1.807, 2.05) is 42.5 Å². The molecule has 0 saturated carbocycles. The Balaban J connectivity index is 0.627. The molecule has 10 heteroatoms. The van der Waals surface area contributed by atoms with Crippen LogP contribution in [0.4, 0.5) is 0 Å². The number of fused-ring (bicyclic) bond motifs is 26. The molecule has 0 spiro atoms. The first-order valence-electron chi connectivity index (χ1n) is 46.3. The Kier molecular flexibility index (Phi) is 17.2. The molecular formula is C126H76N10. The maximum atomic E-state index is 5.77. The van der Waals surface area contributed by atoms with E-state index in [4.69, 9.17) is 29.9 Å². The van der Waals surface area contributed by atoms with Crippen LogP contribution in [0.25, 0.3) is 276 Å². The number of aromatic nitrogens is 10. The van der Waals surface area contributed by atoms with Crippen LogP contribution in [-0.2, 0) is 0 Å². The number of rotatable bonds is 13. The van der Waals surface area contributed by atoms with E-state index in [1.165, 1.54) is 70.2 Å². The topological polar surface area (TPSA) is 97.1 Å². The van der Waals surface area contributed by atoms with Crippen LogP contribution >= 0.6 is 0 Å². The number of para-hydroxylation sites is 4. The molecule has 10 nitrogen and oxygen atoms in total. The first kappa shape index (κ1) is 76.5. The molecule has 0 bridgehead atoms. The predicted octanol–water partition coefficient (Wildman–Crippen LogP) is 32.4. The number of benzene rings is 22. The zero-order chi connectivity index (χ0) is 89.2. The number of hydrogen-bond acceptors (Lipinski definition) is 6. The van der Waals surface area contributed by atoms with Gasteiger partial charge in [0.1, 0.15) is 0 Å². The van der Waals surface area contributed by atoms with Crippen LogP contribution in [-0.4, -0.2) is 48.2 Å². The van der Waals surface area contributed by atoms with Gasteiger partial charge in [-0.1, -0.05) is 388 Å². The van der Waals surface area contributed by atoms with Crippen LogP contribution in [0.1, 0.15) is 0 Å². The van der Waals surface area contributed by atoms with Crippen molar-refractivity contribution in [1.29, 1.82) is 0 Å². The Morgan fingerprint density at radius 2 is 0.397 bits per heavy atom. The Morgan fingerprint density at radius 3 is 0.831 bits per heavy atom. The average molecular weight is 1730 g/mol. The Morgan fingerprint density at radius 1 is 0.132 bits per heavy atom. The minimum atomic E-state index is 0.491. The summed E-state index contributed by atoms with van der Waals surface area (Å²) in [6.07, 6.45) is 0. The van der Waals surface area contributed by atoms with E-state index < -0.39 is 0 Å². The molecule has 6 aromatic heterocycles. The largest absolute Gasteiger partial charge is 0.307 e. The molecule has 0 radical (unpaired) electrons. The highest BCUT2D eigenvalue weighted by Crippen LogP contribution is 2.50. The van der Waals surface area contributed by atoms with Gasteiger partial charge in [0, 0.05) is 76.7 Å². The summed E-state index contributed by atoms with van der Waals surface area (Å²) in [4.78, 5) is 33.3. The van der Waals surface area contributed by atoms with Gasteiger partial charge in [-0.05, 0) is 193 Å². The lowest BCUT2D eigenvalue weighted by Crippen LogP contribution is -2.07. The summed E-state index contributed by atoms with van der Waals surface area (Å²) in [7, 11) is 0. The second-order valence-corrected chi connectivity index (χ2v) is 35.5. The van der Waals surface area contributed by atoms with Crippen molar-refractivity contribution in [3.8, 4) is 124 Å². The van der Waals surface area contributed by atoms with E-state index in [2.05, 4.69) is 437 Å². The molecule has 0 saturated heterocycles. The fourth-order valence-electron chi connectivity index (χ4n) is 21.8. The second kappa shape index (κ2) is 30.6. The highest BCUT2D eigenvalue weighted by atomic mass is 15.2. The molecular weight excluding hydrogens is 1650 g/mol. The molecule has 22 aromatic carbocycles. The van der Waals surface area contributed by atoms with E-state index in [9.17, 15) is 0 Å². The molecule has 136 heavy (non-hydrogen) atoms. The molecule has 0 fully saturated rings. The molecule has 0 amide bonds. The molecule has 0 aliphatic heterocycles. The van der Waals surface area contributed by atoms with Gasteiger partial charge in [-0.25, -0.2) is 9.97 Å². The van der Waals surface area contributed by atoms with Crippen molar-refractivity contribution in [2.75, 3.05) is 0 Å². The van der Waals surface area contributed by atoms with E-state index in [0.29, 0.717) is 35.2 Å². The minimum absolute atomic E-state index is 0.491. The lowest BCUT2D eigenvalue weighted by Gasteiger charge is -2.16. The second-order valence-electron chi connectivity index (χ2n) is 35.5. The van der Waals surface area contributed by atoms with Gasteiger partial charge >= 0.3 is 0 Å². The maximum Gasteiger partial charge on any atom is 0.238 e. The molecule has 0 N–H and O–H groups in total. The van der Waals surface area contributed by atoms with Crippen molar-refractivity contribution in [2.24, 2.45) is 0 Å². The molecule has 630 valence electrons. The monoisotopic (exact) mass is 1730 g/mol. The van der Waals surface area contributed by atoms with Gasteiger partial charge in [-0.3, -0.25) is 9.13 Å². The van der Waals surface area contributed by atoms with E-state index in [0.717, 1.165) is 171 Å². The van der Waals surface area contributed by atoms with Gasteiger partial charge in [0.25, 0.3) is 0 Å². The predicted molar refractivity (Wildman–Crippen MR) is 565 cm³/mol. The summed E-state index contributed by atoms with van der Waals surface area (Å²) in [5.41, 5.74) is 24.6. The lowest BCUT2D eigenvalue weighted by atomic mass is 9.91. The van der Waals surface area contributed by atoms with Gasteiger partial charge in [0.05, 0.1) is 44.1 Å². The normalized spacial score (nSPS) is 12.0. The van der Waals surface area contributed by atoms with Crippen molar-refractivity contribution >= 4 is 152 Å². The maximum absolute atomic E-state index is 5.77. The molecule has 0 atom stereocenters. The zero-order valence-electron chi connectivity index (χ0n) is 73.4. The van der Waals surface area contributed by atoms with E-state index in [1.54, 1.807) is 0 Å². The smallest absolute Gasteiger partial charge is 0.238 e. The summed E-state index contributed by atoms with van der Waals surface area (Å²) >= 11 is 0. The molecule has 28 aromatic rings. The van der Waals surface area contributed by atoms with E-state index in [-0.39, 0.29) is 0 Å². The highest BCUT2D eigenvalue weighted by Gasteiger charge is 2.30. The van der Waals surface area contributed by atoms with Gasteiger partial charge < -0.3 is 9.13 Å². The summed E-state index contributed by atoms with van der Waals surface area (Å²) < 4.78 is 9.54. The third kappa shape index (κ3) is 12.1. The zero-order valence-corrected chi connectivity index (χ0v) is 73.4. The molecule has 0 unspecified atom stereocenters. The molecule has 0 aliphatic rings. The lowest BCUT2D eigenvalue weighted by molar-refractivity contribution is 0.953. The van der Waals surface area contributed by atoms with Gasteiger partial charge in [-0.2, -0.15) is 19.9 Å². The number of nitrogens with zero attached hydrogens (tertiary/aromatic N) is 10. The Bertz CT molecular complexity index is 9700. The first-order valence-corrected chi connectivity index (χ1v) is 46.3. The minimum Gasteiger partial charge on any atom is -0.307 e. The standard InChI is InChI=1S/C126H76N10/c1-5-29-77(30-6-1)88-71-89(87-64-68-101-97-42-16-14-38-93(97)95-40-18-20-44-99(95)110(101)75-87)73-91(72-88)134-112-49-25-21-45-102(112)105-69-70-106-103-46-22-26-50-113(103)135(118(106)117(105)134)125-129-123(84-35-11-4-12-36-84)128-124(132-125)85-59-57-81(58-60-85)108-76-111-104-47-23-27-51-114(104)136(126-130-121(82-31-7-2-8-32-82)127-122(131-126)83-33-9-3-10-34-83)119(111)120-116(108)107-48-24-28-52-115(107)133(120)90-65-61-79(62-66-90)78-53-55-80(56-54-78)86-63-67-100-96-41-15-13-37-92(96)94-39-17-19-43-98(94)109(100)74-86/h1-76H. The Hall–Kier alpha value is -18.4. The Labute approximate surface area is 780 Å². The van der Waals surface area contributed by atoms with Crippen molar-refractivity contribution in [2.45, 2.75) is 0 Å². The summed E-state index contributed by atoms with van der Waals surface area (Å²) in [6, 6.07) is 167. The van der Waals surface area contributed by atoms with Crippen LogP contribution in [0.2, 0.25) is 0 Å². The van der Waals surface area contributed by atoms with Gasteiger partial charge in [-0.15, -0.1) is 0 Å². The van der Waals surface area contributed by atoms with Gasteiger partial charge in [0.15, 0.2) is 23.3 Å². The SMILES string of the molecule is c1ccc(-c2cc(-c3ccc4c5ccccc5c5ccccc5c4c3)cc(-n3c4ccccc4c4ccc5c6ccccc6n(-c6nc(-c7ccccc7)nc(-c7ccc(-c8cc9c%10ccccc%10n(-c%10nc(-c%11ccccc%11)nc(-c%11ccccc%11)n%10)c9c9c8c8ccccc8n9-c8ccc(-c9ccc(-c%10ccc%11c%12ccccc%12c%12ccccc%12c%11c%10)cc9)cc8)cc7)n6)c5c43)c2)cc1. The van der Waals surface area contributed by atoms with Crippen LogP contribution < -0.4 is 0 Å². The third-order valence-corrected chi connectivity index (χ3v) is 28.0.